The number of carbonyl (C=O) groups is 2. The van der Waals surface area contributed by atoms with Crippen molar-refractivity contribution in [2.45, 2.75) is 32.0 Å². The van der Waals surface area contributed by atoms with Gasteiger partial charge >= 0.3 is 6.03 Å². The van der Waals surface area contributed by atoms with Crippen LogP contribution in [0.2, 0.25) is 0 Å². The third-order valence-corrected chi connectivity index (χ3v) is 3.05. The number of fused-ring (bicyclic) bond motifs is 1. The maximum Gasteiger partial charge on any atom is 0.325 e. The summed E-state index contributed by atoms with van der Waals surface area (Å²) >= 11 is 0. The van der Waals surface area contributed by atoms with Crippen LogP contribution in [0.25, 0.3) is 0 Å². The number of carbonyl (C=O) groups excluding carboxylic acids is 2. The van der Waals surface area contributed by atoms with E-state index >= 15 is 0 Å². The Morgan fingerprint density at radius 1 is 1.36 bits per heavy atom. The van der Waals surface area contributed by atoms with Crippen LogP contribution in [-0.2, 0) is 4.79 Å². The molecule has 2 saturated heterocycles. The van der Waals surface area contributed by atoms with Crippen LogP contribution in [0.1, 0.15) is 19.8 Å². The molecule has 2 heterocycles. The normalized spacial score (nSPS) is 37.9. The van der Waals surface area contributed by atoms with Crippen LogP contribution in [0.3, 0.4) is 0 Å². The maximum atomic E-state index is 11.5. The average molecular weight is 197 g/mol. The van der Waals surface area contributed by atoms with Gasteiger partial charge in [0.2, 0.25) is 5.91 Å². The van der Waals surface area contributed by atoms with Crippen molar-refractivity contribution in [3.63, 3.8) is 0 Å². The fraction of sp³-hybridized carbons (Fsp3) is 0.778. The number of nitrogens with one attached hydrogen (secondary N) is 2. The van der Waals surface area contributed by atoms with Gasteiger partial charge in [0.15, 0.2) is 0 Å². The third-order valence-electron chi connectivity index (χ3n) is 3.05. The molecule has 5 nitrogen and oxygen atoms in total. The molecule has 14 heavy (non-hydrogen) atoms. The van der Waals surface area contributed by atoms with Gasteiger partial charge < -0.3 is 4.90 Å². The highest BCUT2D eigenvalue weighted by Crippen LogP contribution is 2.24. The molecular formula is C9H15N3O2. The smallest absolute Gasteiger partial charge is 0.311 e. The number of hydrogen-bond donors (Lipinski definition) is 2. The zero-order valence-corrected chi connectivity index (χ0v) is 8.41. The highest BCUT2D eigenvalue weighted by molar-refractivity contribution is 5.98. The van der Waals surface area contributed by atoms with Gasteiger partial charge in [0.1, 0.15) is 0 Å². The molecule has 0 spiro atoms. The zero-order chi connectivity index (χ0) is 10.3. The first kappa shape index (κ1) is 9.45. The lowest BCUT2D eigenvalue weighted by Crippen LogP contribution is -2.66. The molecule has 2 rings (SSSR count). The summed E-state index contributed by atoms with van der Waals surface area (Å²) in [5.41, 5.74) is 0. The summed E-state index contributed by atoms with van der Waals surface area (Å²) in [7, 11) is 1.71. The fourth-order valence-corrected chi connectivity index (χ4v) is 2.15. The Hall–Kier alpha value is -1.10. The van der Waals surface area contributed by atoms with Gasteiger partial charge in [-0.25, -0.2) is 4.79 Å². The van der Waals surface area contributed by atoms with Gasteiger partial charge in [-0.2, -0.15) is 0 Å². The van der Waals surface area contributed by atoms with E-state index in [2.05, 4.69) is 17.6 Å². The summed E-state index contributed by atoms with van der Waals surface area (Å²) in [6, 6.07) is 0.0650. The lowest BCUT2D eigenvalue weighted by Gasteiger charge is -2.43. The predicted molar refractivity (Wildman–Crippen MR) is 50.4 cm³/mol. The second-order valence-electron chi connectivity index (χ2n) is 4.10. The van der Waals surface area contributed by atoms with Crippen molar-refractivity contribution in [1.29, 1.82) is 0 Å². The number of amides is 3. The standard InChI is InChI=1S/C9H15N3O2/c1-5-3-4-6-7(10-5)12(2)9(14)11-8(6)13/h5-7,10H,3-4H2,1-2H3,(H,11,13,14). The molecule has 2 aliphatic rings. The fourth-order valence-electron chi connectivity index (χ4n) is 2.15. The molecule has 0 aromatic carbocycles. The molecule has 2 fully saturated rings. The summed E-state index contributed by atoms with van der Waals surface area (Å²) in [5.74, 6) is -0.230. The van der Waals surface area contributed by atoms with Crippen molar-refractivity contribution < 1.29 is 9.59 Å². The summed E-state index contributed by atoms with van der Waals surface area (Å²) in [5, 5.41) is 5.62. The van der Waals surface area contributed by atoms with Crippen molar-refractivity contribution in [2.24, 2.45) is 5.92 Å². The van der Waals surface area contributed by atoms with Crippen LogP contribution < -0.4 is 10.6 Å². The highest BCUT2D eigenvalue weighted by Gasteiger charge is 2.42. The van der Waals surface area contributed by atoms with Crippen LogP contribution in [0.5, 0.6) is 0 Å². The van der Waals surface area contributed by atoms with Crippen molar-refractivity contribution in [3.8, 4) is 0 Å². The molecule has 3 unspecified atom stereocenters. The zero-order valence-electron chi connectivity index (χ0n) is 8.41. The van der Waals surface area contributed by atoms with Crippen LogP contribution in [-0.4, -0.2) is 36.1 Å². The van der Waals surface area contributed by atoms with Crippen LogP contribution in [0.15, 0.2) is 0 Å². The number of rotatable bonds is 0. The van der Waals surface area contributed by atoms with Gasteiger partial charge in [-0.1, -0.05) is 0 Å². The Labute approximate surface area is 82.8 Å². The van der Waals surface area contributed by atoms with E-state index in [0.29, 0.717) is 6.04 Å². The Balaban J connectivity index is 2.19. The van der Waals surface area contributed by atoms with E-state index in [-0.39, 0.29) is 24.0 Å². The largest absolute Gasteiger partial charge is 0.325 e. The molecule has 0 aliphatic carbocycles. The van der Waals surface area contributed by atoms with E-state index in [1.165, 1.54) is 0 Å². The summed E-state index contributed by atoms with van der Waals surface area (Å²) in [6.07, 6.45) is 1.71. The second kappa shape index (κ2) is 3.24. The second-order valence-corrected chi connectivity index (χ2v) is 4.10. The SMILES string of the molecule is CC1CCC2C(=O)NC(=O)N(C)C2N1. The molecule has 0 aromatic heterocycles. The molecule has 0 aromatic rings. The van der Waals surface area contributed by atoms with E-state index in [1.807, 2.05) is 0 Å². The monoisotopic (exact) mass is 197 g/mol. The number of piperidine rings is 1. The first-order valence-corrected chi connectivity index (χ1v) is 4.93. The molecule has 3 amide bonds. The molecule has 5 heteroatoms. The summed E-state index contributed by atoms with van der Waals surface area (Å²) in [4.78, 5) is 24.4. The van der Waals surface area contributed by atoms with Crippen LogP contribution in [0.4, 0.5) is 4.79 Å². The molecule has 78 valence electrons. The Morgan fingerprint density at radius 3 is 2.79 bits per heavy atom. The van der Waals surface area contributed by atoms with Crippen molar-refractivity contribution in [3.05, 3.63) is 0 Å². The van der Waals surface area contributed by atoms with Crippen LogP contribution in [0, 0.1) is 5.92 Å². The average Bonchev–Trinajstić information content (AvgIpc) is 2.14. The van der Waals surface area contributed by atoms with Gasteiger partial charge in [0.25, 0.3) is 0 Å². The molecule has 3 atom stereocenters. The van der Waals surface area contributed by atoms with E-state index < -0.39 is 0 Å². The highest BCUT2D eigenvalue weighted by atomic mass is 16.2. The maximum absolute atomic E-state index is 11.5. The van der Waals surface area contributed by atoms with E-state index in [9.17, 15) is 9.59 Å². The summed E-state index contributed by atoms with van der Waals surface area (Å²) in [6.45, 7) is 2.07. The lowest BCUT2D eigenvalue weighted by molar-refractivity contribution is -0.130. The van der Waals surface area contributed by atoms with Gasteiger partial charge in [-0.05, 0) is 19.8 Å². The molecule has 2 N–H and O–H groups in total. The van der Waals surface area contributed by atoms with Gasteiger partial charge in [-0.3, -0.25) is 15.4 Å². The number of urea groups is 1. The molecule has 2 aliphatic heterocycles. The topological polar surface area (TPSA) is 61.4 Å². The van der Waals surface area contributed by atoms with E-state index in [0.717, 1.165) is 12.8 Å². The lowest BCUT2D eigenvalue weighted by atomic mass is 9.89. The number of nitrogens with zero attached hydrogens (tertiary/aromatic N) is 1. The quantitative estimate of drug-likeness (QED) is 0.569. The van der Waals surface area contributed by atoms with Crippen molar-refractivity contribution in [2.75, 3.05) is 7.05 Å². The van der Waals surface area contributed by atoms with Gasteiger partial charge in [-0.15, -0.1) is 0 Å². The van der Waals surface area contributed by atoms with Gasteiger partial charge in [0, 0.05) is 13.1 Å². The Morgan fingerprint density at radius 2 is 2.07 bits per heavy atom. The molecule has 0 saturated carbocycles. The van der Waals surface area contributed by atoms with E-state index in [1.54, 1.807) is 11.9 Å². The first-order valence-electron chi connectivity index (χ1n) is 4.93. The van der Waals surface area contributed by atoms with E-state index in [4.69, 9.17) is 0 Å². The van der Waals surface area contributed by atoms with Gasteiger partial charge in [0.05, 0.1) is 12.1 Å². The van der Waals surface area contributed by atoms with Crippen molar-refractivity contribution >= 4 is 11.9 Å². The minimum atomic E-state index is -0.308. The summed E-state index contributed by atoms with van der Waals surface area (Å²) < 4.78 is 0. The predicted octanol–water partition coefficient (Wildman–Crippen LogP) is -0.118. The third kappa shape index (κ3) is 1.37. The molecular weight excluding hydrogens is 182 g/mol. The first-order chi connectivity index (χ1) is 6.59. The molecule has 0 bridgehead atoms. The van der Waals surface area contributed by atoms with Crippen LogP contribution >= 0.6 is 0 Å². The minimum absolute atomic E-state index is 0.0890. The van der Waals surface area contributed by atoms with Crippen molar-refractivity contribution in [1.82, 2.24) is 15.5 Å². The Kier molecular flexibility index (Phi) is 2.19. The molecule has 0 radical (unpaired) electrons. The minimum Gasteiger partial charge on any atom is -0.311 e. The number of hydrogen-bond acceptors (Lipinski definition) is 3. The Bertz CT molecular complexity index is 279. The number of imide groups is 1.